The van der Waals surface area contributed by atoms with E-state index in [9.17, 15) is 45.4 Å². The number of hydrogen-bond acceptors (Lipinski definition) is 3. The molecule has 2 atom stereocenters. The van der Waals surface area contributed by atoms with Crippen molar-refractivity contribution in [3.05, 3.63) is 71.0 Å². The molecule has 2 aliphatic rings. The van der Waals surface area contributed by atoms with Crippen molar-refractivity contribution in [3.63, 3.8) is 0 Å². The molecule has 2 fully saturated rings. The second-order valence-electron chi connectivity index (χ2n) is 10.1. The van der Waals surface area contributed by atoms with Gasteiger partial charge in [0.05, 0.1) is 0 Å². The Balaban J connectivity index is 1.62. The summed E-state index contributed by atoms with van der Waals surface area (Å²) in [6.07, 6.45) is -11.1. The molecule has 2 amide bonds. The number of aliphatic hydroxyl groups is 1. The molecular formula is C27H27F7N2O3. The van der Waals surface area contributed by atoms with Crippen molar-refractivity contribution >= 4 is 11.8 Å². The zero-order chi connectivity index (χ0) is 28.8. The molecule has 2 unspecified atom stereocenters. The highest BCUT2D eigenvalue weighted by molar-refractivity contribution is 5.80. The van der Waals surface area contributed by atoms with E-state index in [4.69, 9.17) is 0 Å². The van der Waals surface area contributed by atoms with Gasteiger partial charge in [-0.2, -0.15) is 26.3 Å². The standard InChI is InChI=1S/C27H27F7N2O3/c1-16(37)35-12-10-19(11-13-35)24(38)36-14-22(23(15-36)18-4-8-21(28)9-5-18)17-2-6-20(7-3-17)25(39,26(29,30)31)27(32,33)34/h2-9,19,22-23,39H,10-15H2,1H3. The van der Waals surface area contributed by atoms with Gasteiger partial charge in [0.15, 0.2) is 0 Å². The zero-order valence-corrected chi connectivity index (χ0v) is 20.9. The number of halogens is 7. The Bertz CT molecular complexity index is 1170. The number of nitrogens with zero attached hydrogens (tertiary/aromatic N) is 2. The van der Waals surface area contributed by atoms with Crippen LogP contribution in [0.5, 0.6) is 0 Å². The molecule has 0 saturated carbocycles. The average Bonchev–Trinajstić information content (AvgIpc) is 3.32. The van der Waals surface area contributed by atoms with Gasteiger partial charge in [0.25, 0.3) is 5.60 Å². The Morgan fingerprint density at radius 1 is 0.769 bits per heavy atom. The first-order valence-corrected chi connectivity index (χ1v) is 12.4. The molecule has 1 N–H and O–H groups in total. The van der Waals surface area contributed by atoms with E-state index in [1.54, 1.807) is 9.80 Å². The summed E-state index contributed by atoms with van der Waals surface area (Å²) in [6, 6.07) is 8.94. The largest absolute Gasteiger partial charge is 0.430 e. The maximum atomic E-state index is 13.6. The first-order chi connectivity index (χ1) is 18.1. The van der Waals surface area contributed by atoms with Gasteiger partial charge in [0, 0.05) is 56.4 Å². The molecule has 4 rings (SSSR count). The molecule has 2 saturated heterocycles. The minimum atomic E-state index is -6.00. The van der Waals surface area contributed by atoms with Gasteiger partial charge in [0.2, 0.25) is 11.8 Å². The van der Waals surface area contributed by atoms with E-state index < -0.39 is 41.2 Å². The molecule has 5 nitrogen and oxygen atoms in total. The normalized spacial score (nSPS) is 21.4. The quantitative estimate of drug-likeness (QED) is 0.530. The zero-order valence-electron chi connectivity index (χ0n) is 20.9. The van der Waals surface area contributed by atoms with Crippen molar-refractivity contribution in [2.24, 2.45) is 5.92 Å². The van der Waals surface area contributed by atoms with Crippen molar-refractivity contribution in [2.75, 3.05) is 26.2 Å². The molecule has 0 bridgehead atoms. The minimum Gasteiger partial charge on any atom is -0.369 e. The summed E-state index contributed by atoms with van der Waals surface area (Å²) in [5, 5.41) is 9.72. The highest BCUT2D eigenvalue weighted by Gasteiger charge is 2.71. The third-order valence-corrected chi connectivity index (χ3v) is 7.80. The van der Waals surface area contributed by atoms with Crippen LogP contribution in [0.2, 0.25) is 0 Å². The van der Waals surface area contributed by atoms with Crippen LogP contribution in [0.15, 0.2) is 48.5 Å². The van der Waals surface area contributed by atoms with E-state index in [0.717, 1.165) is 12.1 Å². The maximum Gasteiger partial charge on any atom is 0.430 e. The summed E-state index contributed by atoms with van der Waals surface area (Å²) in [4.78, 5) is 28.3. The lowest BCUT2D eigenvalue weighted by Crippen LogP contribution is -2.53. The van der Waals surface area contributed by atoms with Crippen LogP contribution < -0.4 is 0 Å². The summed E-state index contributed by atoms with van der Waals surface area (Å²) < 4.78 is 93.5. The molecule has 212 valence electrons. The van der Waals surface area contributed by atoms with E-state index in [-0.39, 0.29) is 30.8 Å². The van der Waals surface area contributed by atoms with Crippen LogP contribution in [0.4, 0.5) is 30.7 Å². The van der Waals surface area contributed by atoms with Gasteiger partial charge < -0.3 is 14.9 Å². The third kappa shape index (κ3) is 5.48. The minimum absolute atomic E-state index is 0.0788. The highest BCUT2D eigenvalue weighted by Crippen LogP contribution is 2.50. The molecule has 2 aromatic carbocycles. The van der Waals surface area contributed by atoms with Crippen molar-refractivity contribution in [3.8, 4) is 0 Å². The van der Waals surface area contributed by atoms with Gasteiger partial charge in [-0.3, -0.25) is 9.59 Å². The summed E-state index contributed by atoms with van der Waals surface area (Å²) in [5.74, 6) is -1.94. The number of amides is 2. The fraction of sp³-hybridized carbons (Fsp3) is 0.481. The lowest BCUT2D eigenvalue weighted by molar-refractivity contribution is -0.376. The van der Waals surface area contributed by atoms with Crippen LogP contribution in [-0.2, 0) is 15.2 Å². The Labute approximate surface area is 220 Å². The number of piperidine rings is 1. The number of carbonyl (C=O) groups excluding carboxylic acids is 2. The van der Waals surface area contributed by atoms with Gasteiger partial charge in [-0.05, 0) is 36.1 Å². The average molecular weight is 561 g/mol. The summed E-state index contributed by atoms with van der Waals surface area (Å²) in [5.41, 5.74) is -5.37. The first-order valence-electron chi connectivity index (χ1n) is 12.4. The smallest absolute Gasteiger partial charge is 0.369 e. The van der Waals surface area contributed by atoms with Crippen molar-refractivity contribution in [2.45, 2.75) is 49.6 Å². The predicted molar refractivity (Wildman–Crippen MR) is 126 cm³/mol. The second kappa shape index (κ2) is 10.4. The van der Waals surface area contributed by atoms with Crippen molar-refractivity contribution in [1.29, 1.82) is 0 Å². The van der Waals surface area contributed by atoms with E-state index in [2.05, 4.69) is 0 Å². The van der Waals surface area contributed by atoms with Crippen LogP contribution >= 0.6 is 0 Å². The van der Waals surface area contributed by atoms with E-state index in [0.29, 0.717) is 49.2 Å². The van der Waals surface area contributed by atoms with Crippen LogP contribution in [0, 0.1) is 11.7 Å². The Hall–Kier alpha value is -3.15. The van der Waals surface area contributed by atoms with Crippen LogP contribution in [0.25, 0.3) is 0 Å². The molecule has 0 aromatic heterocycles. The van der Waals surface area contributed by atoms with E-state index >= 15 is 0 Å². The second-order valence-corrected chi connectivity index (χ2v) is 10.1. The van der Waals surface area contributed by atoms with Crippen molar-refractivity contribution < 1.29 is 45.4 Å². The Morgan fingerprint density at radius 2 is 1.21 bits per heavy atom. The highest BCUT2D eigenvalue weighted by atomic mass is 19.4. The van der Waals surface area contributed by atoms with Crippen LogP contribution in [-0.4, -0.2) is 65.3 Å². The van der Waals surface area contributed by atoms with Gasteiger partial charge >= 0.3 is 12.4 Å². The molecule has 2 aromatic rings. The molecule has 39 heavy (non-hydrogen) atoms. The number of alkyl halides is 6. The lowest BCUT2D eigenvalue weighted by atomic mass is 9.82. The fourth-order valence-electron chi connectivity index (χ4n) is 5.53. The van der Waals surface area contributed by atoms with Crippen LogP contribution in [0.1, 0.15) is 48.3 Å². The lowest BCUT2D eigenvalue weighted by Gasteiger charge is -2.33. The van der Waals surface area contributed by atoms with Gasteiger partial charge in [-0.15, -0.1) is 0 Å². The van der Waals surface area contributed by atoms with Crippen molar-refractivity contribution in [1.82, 2.24) is 9.80 Å². The Kier molecular flexibility index (Phi) is 7.72. The van der Waals surface area contributed by atoms with E-state index in [1.165, 1.54) is 31.2 Å². The SMILES string of the molecule is CC(=O)N1CCC(C(=O)N2CC(c3ccc(F)cc3)C(c3ccc(C(O)(C(F)(F)F)C(F)(F)F)cc3)C2)CC1. The Morgan fingerprint density at radius 3 is 1.62 bits per heavy atom. The molecule has 0 aliphatic carbocycles. The monoisotopic (exact) mass is 560 g/mol. The van der Waals surface area contributed by atoms with Gasteiger partial charge in [0.1, 0.15) is 5.82 Å². The van der Waals surface area contributed by atoms with E-state index in [1.807, 2.05) is 0 Å². The number of likely N-dealkylation sites (tertiary alicyclic amines) is 2. The molecule has 12 heteroatoms. The fourth-order valence-corrected chi connectivity index (χ4v) is 5.53. The number of hydrogen-bond donors (Lipinski definition) is 1. The number of carbonyl (C=O) groups is 2. The summed E-state index contributed by atoms with van der Waals surface area (Å²) in [6.45, 7) is 2.70. The number of benzene rings is 2. The molecule has 2 aliphatic heterocycles. The topological polar surface area (TPSA) is 60.9 Å². The molecule has 0 spiro atoms. The predicted octanol–water partition coefficient (Wildman–Crippen LogP) is 5.11. The van der Waals surface area contributed by atoms with Gasteiger partial charge in [-0.25, -0.2) is 4.39 Å². The van der Waals surface area contributed by atoms with Gasteiger partial charge in [-0.1, -0.05) is 36.4 Å². The molecule has 2 heterocycles. The molecular weight excluding hydrogens is 533 g/mol. The summed E-state index contributed by atoms with van der Waals surface area (Å²) in [7, 11) is 0. The summed E-state index contributed by atoms with van der Waals surface area (Å²) >= 11 is 0. The van der Waals surface area contributed by atoms with Crippen LogP contribution in [0.3, 0.4) is 0 Å². The number of rotatable bonds is 4. The third-order valence-electron chi connectivity index (χ3n) is 7.80. The maximum absolute atomic E-state index is 13.6. The molecule has 0 radical (unpaired) electrons. The first kappa shape index (κ1) is 28.8.